The lowest BCUT2D eigenvalue weighted by molar-refractivity contribution is -0.0528. The van der Waals surface area contributed by atoms with Crippen LogP contribution in [0.4, 0.5) is 14.5 Å². The molecule has 2 N–H and O–H groups in total. The van der Waals surface area contributed by atoms with E-state index in [1.807, 2.05) is 0 Å². The molecule has 1 saturated carbocycles. The summed E-state index contributed by atoms with van der Waals surface area (Å²) in [6.45, 7) is -2.88. The van der Waals surface area contributed by atoms with Gasteiger partial charge in [0.15, 0.2) is 0 Å². The van der Waals surface area contributed by atoms with Crippen molar-refractivity contribution < 1.29 is 13.5 Å². The molecule has 0 aromatic carbocycles. The Kier molecular flexibility index (Phi) is 3.26. The molecular formula is C10H15F2N3O. The number of nitrogens with zero attached hydrogens (tertiary/aromatic N) is 2. The normalized spacial score (nSPS) is 17.9. The van der Waals surface area contributed by atoms with Gasteiger partial charge >= 0.3 is 6.61 Å². The van der Waals surface area contributed by atoms with E-state index in [9.17, 15) is 8.78 Å². The summed E-state index contributed by atoms with van der Waals surface area (Å²) >= 11 is 0. The molecule has 0 saturated heterocycles. The minimum atomic E-state index is -2.88. The maximum absolute atomic E-state index is 12.0. The molecule has 1 aromatic rings. The molecule has 0 aliphatic heterocycles. The zero-order valence-electron chi connectivity index (χ0n) is 8.90. The van der Waals surface area contributed by atoms with Gasteiger partial charge < -0.3 is 10.5 Å². The van der Waals surface area contributed by atoms with Gasteiger partial charge in [-0.25, -0.2) is 0 Å². The monoisotopic (exact) mass is 231 g/mol. The summed E-state index contributed by atoms with van der Waals surface area (Å²) in [7, 11) is 0. The first-order valence-electron chi connectivity index (χ1n) is 5.46. The van der Waals surface area contributed by atoms with E-state index in [0.717, 1.165) is 25.7 Å². The molecule has 4 nitrogen and oxygen atoms in total. The molecule has 0 radical (unpaired) electrons. The number of alkyl halides is 2. The van der Waals surface area contributed by atoms with Crippen LogP contribution >= 0.6 is 0 Å². The van der Waals surface area contributed by atoms with Gasteiger partial charge in [0.05, 0.1) is 12.2 Å². The average molecular weight is 231 g/mol. The Labute approximate surface area is 92.4 Å². The zero-order chi connectivity index (χ0) is 11.5. The van der Waals surface area contributed by atoms with E-state index in [4.69, 9.17) is 5.73 Å². The van der Waals surface area contributed by atoms with Crippen LogP contribution in [-0.2, 0) is 0 Å². The Hall–Kier alpha value is -1.33. The lowest BCUT2D eigenvalue weighted by atomic mass is 9.96. The van der Waals surface area contributed by atoms with Crippen molar-refractivity contribution in [2.45, 2.75) is 44.8 Å². The fourth-order valence-electron chi connectivity index (χ4n) is 2.10. The zero-order valence-corrected chi connectivity index (χ0v) is 8.90. The number of ether oxygens (including phenoxy) is 1. The number of anilines is 1. The summed E-state index contributed by atoms with van der Waals surface area (Å²) in [5.41, 5.74) is 5.73. The molecule has 1 aliphatic rings. The van der Waals surface area contributed by atoms with Crippen molar-refractivity contribution in [3.63, 3.8) is 0 Å². The molecule has 1 aromatic heterocycles. The third kappa shape index (κ3) is 2.43. The molecule has 16 heavy (non-hydrogen) atoms. The van der Waals surface area contributed by atoms with E-state index in [2.05, 4.69) is 9.84 Å². The van der Waals surface area contributed by atoms with Gasteiger partial charge in [-0.05, 0) is 12.8 Å². The fraction of sp³-hybridized carbons (Fsp3) is 0.700. The van der Waals surface area contributed by atoms with E-state index in [1.54, 1.807) is 10.9 Å². The van der Waals surface area contributed by atoms with Crippen LogP contribution in [0.3, 0.4) is 0 Å². The molecule has 0 unspecified atom stereocenters. The predicted octanol–water partition coefficient (Wildman–Crippen LogP) is 2.57. The van der Waals surface area contributed by atoms with Gasteiger partial charge in [0.1, 0.15) is 5.69 Å². The molecule has 0 amide bonds. The first kappa shape index (κ1) is 11.2. The quantitative estimate of drug-likeness (QED) is 0.869. The molecule has 1 aliphatic carbocycles. The molecular weight excluding hydrogens is 216 g/mol. The van der Waals surface area contributed by atoms with Crippen LogP contribution < -0.4 is 10.5 Å². The van der Waals surface area contributed by atoms with Crippen molar-refractivity contribution in [3.8, 4) is 5.88 Å². The second-order valence-corrected chi connectivity index (χ2v) is 4.04. The molecule has 1 fully saturated rings. The number of nitrogens with two attached hydrogens (primary N) is 1. The van der Waals surface area contributed by atoms with Crippen molar-refractivity contribution in [2.75, 3.05) is 5.73 Å². The number of hydrogen-bond donors (Lipinski definition) is 1. The highest BCUT2D eigenvalue weighted by Gasteiger charge is 2.19. The number of hydrogen-bond acceptors (Lipinski definition) is 3. The molecule has 2 rings (SSSR count). The summed E-state index contributed by atoms with van der Waals surface area (Å²) in [5.74, 6) is -0.166. The largest absolute Gasteiger partial charge is 0.413 e. The van der Waals surface area contributed by atoms with Crippen LogP contribution in [0, 0.1) is 0 Å². The van der Waals surface area contributed by atoms with Crippen LogP contribution in [0.15, 0.2) is 6.20 Å². The first-order valence-corrected chi connectivity index (χ1v) is 5.46. The highest BCUT2D eigenvalue weighted by atomic mass is 19.3. The second-order valence-electron chi connectivity index (χ2n) is 4.04. The van der Waals surface area contributed by atoms with E-state index < -0.39 is 6.61 Å². The Balaban J connectivity index is 2.09. The van der Waals surface area contributed by atoms with Crippen molar-refractivity contribution >= 4 is 5.69 Å². The third-order valence-electron chi connectivity index (χ3n) is 2.87. The maximum Gasteiger partial charge on any atom is 0.388 e. The van der Waals surface area contributed by atoms with Gasteiger partial charge in [-0.15, -0.1) is 5.10 Å². The van der Waals surface area contributed by atoms with E-state index >= 15 is 0 Å². The molecule has 1 heterocycles. The van der Waals surface area contributed by atoms with Crippen molar-refractivity contribution in [2.24, 2.45) is 0 Å². The van der Waals surface area contributed by atoms with Gasteiger partial charge in [0, 0.05) is 0 Å². The van der Waals surface area contributed by atoms with Crippen LogP contribution in [0.2, 0.25) is 0 Å². The van der Waals surface area contributed by atoms with Crippen molar-refractivity contribution in [3.05, 3.63) is 6.20 Å². The van der Waals surface area contributed by atoms with Gasteiger partial charge in [-0.3, -0.25) is 4.68 Å². The smallest absolute Gasteiger partial charge is 0.388 e. The Morgan fingerprint density at radius 1 is 1.38 bits per heavy atom. The lowest BCUT2D eigenvalue weighted by Gasteiger charge is -2.21. The van der Waals surface area contributed by atoms with Gasteiger partial charge in [-0.2, -0.15) is 8.78 Å². The first-order chi connectivity index (χ1) is 7.66. The van der Waals surface area contributed by atoms with Gasteiger partial charge in [-0.1, -0.05) is 19.3 Å². The molecule has 0 bridgehead atoms. The Morgan fingerprint density at radius 3 is 2.69 bits per heavy atom. The van der Waals surface area contributed by atoms with Crippen LogP contribution in [0.25, 0.3) is 0 Å². The summed E-state index contributed by atoms with van der Waals surface area (Å²) in [6, 6.07) is 0.270. The van der Waals surface area contributed by atoms with E-state index in [1.165, 1.54) is 6.42 Å². The third-order valence-corrected chi connectivity index (χ3v) is 2.87. The molecule has 0 spiro atoms. The number of nitrogen functional groups attached to an aromatic ring is 1. The molecule has 0 atom stereocenters. The summed E-state index contributed by atoms with van der Waals surface area (Å²) in [6.07, 6.45) is 7.15. The predicted molar refractivity (Wildman–Crippen MR) is 55.4 cm³/mol. The second kappa shape index (κ2) is 4.67. The molecule has 90 valence electrons. The highest BCUT2D eigenvalue weighted by molar-refractivity contribution is 5.46. The van der Waals surface area contributed by atoms with Gasteiger partial charge in [0.2, 0.25) is 0 Å². The lowest BCUT2D eigenvalue weighted by Crippen LogP contribution is -2.13. The van der Waals surface area contributed by atoms with Crippen LogP contribution in [-0.4, -0.2) is 16.4 Å². The number of rotatable bonds is 3. The maximum atomic E-state index is 12.0. The Morgan fingerprint density at radius 2 is 2.06 bits per heavy atom. The summed E-state index contributed by atoms with van der Waals surface area (Å²) < 4.78 is 29.9. The fourth-order valence-corrected chi connectivity index (χ4v) is 2.10. The van der Waals surface area contributed by atoms with E-state index in [0.29, 0.717) is 0 Å². The van der Waals surface area contributed by atoms with Crippen LogP contribution in [0.5, 0.6) is 5.88 Å². The number of aromatic nitrogens is 2. The van der Waals surface area contributed by atoms with Crippen molar-refractivity contribution in [1.29, 1.82) is 0 Å². The minimum absolute atomic E-state index is 0.166. The molecule has 6 heteroatoms. The minimum Gasteiger partial charge on any atom is -0.413 e. The van der Waals surface area contributed by atoms with Crippen molar-refractivity contribution in [1.82, 2.24) is 9.78 Å². The van der Waals surface area contributed by atoms with Gasteiger partial charge in [0.25, 0.3) is 5.88 Å². The Bertz CT molecular complexity index is 348. The standard InChI is InChI=1S/C10H15F2N3O/c11-10(12)16-9-8(13)6-15(14-9)7-4-2-1-3-5-7/h6-7,10H,1-5,13H2. The van der Waals surface area contributed by atoms with Crippen LogP contribution in [0.1, 0.15) is 38.1 Å². The highest BCUT2D eigenvalue weighted by Crippen LogP contribution is 2.30. The summed E-state index contributed by atoms with van der Waals surface area (Å²) in [5, 5.41) is 3.96. The topological polar surface area (TPSA) is 53.1 Å². The number of halogens is 2. The average Bonchev–Trinajstić information content (AvgIpc) is 2.61. The summed E-state index contributed by atoms with van der Waals surface area (Å²) in [4.78, 5) is 0. The SMILES string of the molecule is Nc1cn(C2CCCCC2)nc1OC(F)F. The van der Waals surface area contributed by atoms with E-state index in [-0.39, 0.29) is 17.6 Å².